The zero-order valence-corrected chi connectivity index (χ0v) is 9.68. The summed E-state index contributed by atoms with van der Waals surface area (Å²) in [5, 5.41) is 3.66. The first-order valence-corrected chi connectivity index (χ1v) is 6.11. The van der Waals surface area contributed by atoms with Crippen molar-refractivity contribution in [3.8, 4) is 0 Å². The smallest absolute Gasteiger partial charge is 0.0200 e. The predicted molar refractivity (Wildman–Crippen MR) is 60.5 cm³/mol. The summed E-state index contributed by atoms with van der Waals surface area (Å²) < 4.78 is 0. The van der Waals surface area contributed by atoms with E-state index >= 15 is 0 Å². The minimum absolute atomic E-state index is 0.565. The van der Waals surface area contributed by atoms with E-state index in [-0.39, 0.29) is 0 Å². The lowest BCUT2D eigenvalue weighted by molar-refractivity contribution is 0.173. The van der Waals surface area contributed by atoms with Crippen LogP contribution in [0.25, 0.3) is 0 Å². The first-order chi connectivity index (χ1) is 6.66. The van der Waals surface area contributed by atoms with Crippen LogP contribution in [0, 0.1) is 5.41 Å². The molecule has 2 heterocycles. The second-order valence-electron chi connectivity index (χ2n) is 5.78. The lowest BCUT2D eigenvalue weighted by Crippen LogP contribution is -2.47. The summed E-state index contributed by atoms with van der Waals surface area (Å²) in [7, 11) is 0. The number of rotatable bonds is 2. The maximum absolute atomic E-state index is 3.66. The zero-order chi connectivity index (χ0) is 10.0. The molecular weight excluding hydrogens is 172 g/mol. The van der Waals surface area contributed by atoms with Crippen LogP contribution in [0.5, 0.6) is 0 Å². The minimum atomic E-state index is 0.565. The van der Waals surface area contributed by atoms with Gasteiger partial charge in [0.15, 0.2) is 0 Å². The summed E-state index contributed by atoms with van der Waals surface area (Å²) in [6.07, 6.45) is 5.51. The molecule has 0 radical (unpaired) electrons. The van der Waals surface area contributed by atoms with Crippen molar-refractivity contribution in [2.45, 2.75) is 45.6 Å². The molecule has 2 fully saturated rings. The molecule has 2 aliphatic heterocycles. The van der Waals surface area contributed by atoms with Gasteiger partial charge in [-0.05, 0) is 50.7 Å². The van der Waals surface area contributed by atoms with Crippen LogP contribution in [-0.4, -0.2) is 37.1 Å². The molecule has 2 heteroatoms. The van der Waals surface area contributed by atoms with Gasteiger partial charge in [-0.2, -0.15) is 0 Å². The fourth-order valence-electron chi connectivity index (χ4n) is 2.86. The van der Waals surface area contributed by atoms with Crippen molar-refractivity contribution < 1.29 is 0 Å². The molecule has 0 aromatic carbocycles. The van der Waals surface area contributed by atoms with Gasteiger partial charge in [0.2, 0.25) is 0 Å². The minimum Gasteiger partial charge on any atom is -0.313 e. The summed E-state index contributed by atoms with van der Waals surface area (Å²) in [5.41, 5.74) is 0.565. The highest BCUT2D eigenvalue weighted by molar-refractivity contribution is 4.86. The molecular formula is C12H24N2. The van der Waals surface area contributed by atoms with E-state index in [0.717, 1.165) is 6.04 Å². The summed E-state index contributed by atoms with van der Waals surface area (Å²) in [6.45, 7) is 9.97. The number of nitrogens with zero attached hydrogens (tertiary/aromatic N) is 1. The fraction of sp³-hybridized carbons (Fsp3) is 1.00. The highest BCUT2D eigenvalue weighted by atomic mass is 15.2. The molecule has 2 saturated heterocycles. The van der Waals surface area contributed by atoms with Crippen LogP contribution >= 0.6 is 0 Å². The molecule has 0 aliphatic carbocycles. The average Bonchev–Trinajstić information content (AvgIpc) is 2.54. The lowest BCUT2D eigenvalue weighted by Gasteiger charge is -2.37. The third-order valence-electron chi connectivity index (χ3n) is 3.71. The van der Waals surface area contributed by atoms with Gasteiger partial charge in [-0.25, -0.2) is 0 Å². The number of hydrogen-bond acceptors (Lipinski definition) is 2. The predicted octanol–water partition coefficient (Wildman–Crippen LogP) is 1.86. The topological polar surface area (TPSA) is 15.3 Å². The fourth-order valence-corrected chi connectivity index (χ4v) is 2.86. The van der Waals surface area contributed by atoms with Gasteiger partial charge in [-0.3, -0.25) is 0 Å². The van der Waals surface area contributed by atoms with Crippen LogP contribution in [0.2, 0.25) is 0 Å². The van der Waals surface area contributed by atoms with Crippen molar-refractivity contribution in [1.82, 2.24) is 10.2 Å². The third-order valence-corrected chi connectivity index (χ3v) is 3.71. The van der Waals surface area contributed by atoms with Crippen LogP contribution in [0.4, 0.5) is 0 Å². The van der Waals surface area contributed by atoms with E-state index in [1.807, 2.05) is 0 Å². The van der Waals surface area contributed by atoms with E-state index in [1.165, 1.54) is 51.9 Å². The molecule has 82 valence electrons. The second kappa shape index (κ2) is 4.19. The molecule has 0 aromatic heterocycles. The summed E-state index contributed by atoms with van der Waals surface area (Å²) >= 11 is 0. The van der Waals surface area contributed by atoms with Crippen molar-refractivity contribution in [3.05, 3.63) is 0 Å². The van der Waals surface area contributed by atoms with Crippen LogP contribution in [0.3, 0.4) is 0 Å². The maximum Gasteiger partial charge on any atom is 0.0200 e. The van der Waals surface area contributed by atoms with Gasteiger partial charge in [0.25, 0.3) is 0 Å². The molecule has 14 heavy (non-hydrogen) atoms. The second-order valence-corrected chi connectivity index (χ2v) is 5.78. The average molecular weight is 196 g/mol. The molecule has 2 nitrogen and oxygen atoms in total. The Morgan fingerprint density at radius 2 is 2.00 bits per heavy atom. The van der Waals surface area contributed by atoms with Crippen LogP contribution in [0.1, 0.15) is 39.5 Å². The highest BCUT2D eigenvalue weighted by Gasteiger charge is 2.28. The Bertz CT molecular complexity index is 183. The van der Waals surface area contributed by atoms with Gasteiger partial charge >= 0.3 is 0 Å². The van der Waals surface area contributed by atoms with Crippen molar-refractivity contribution in [1.29, 1.82) is 0 Å². The van der Waals surface area contributed by atoms with Crippen LogP contribution in [-0.2, 0) is 0 Å². The van der Waals surface area contributed by atoms with E-state index < -0.39 is 0 Å². The third kappa shape index (κ3) is 2.71. The van der Waals surface area contributed by atoms with Gasteiger partial charge in [0.1, 0.15) is 0 Å². The molecule has 1 N–H and O–H groups in total. The Morgan fingerprint density at radius 3 is 2.64 bits per heavy atom. The van der Waals surface area contributed by atoms with Gasteiger partial charge in [0, 0.05) is 12.6 Å². The van der Waals surface area contributed by atoms with Crippen molar-refractivity contribution >= 4 is 0 Å². The molecule has 0 spiro atoms. The molecule has 0 saturated carbocycles. The van der Waals surface area contributed by atoms with Crippen molar-refractivity contribution in [2.75, 3.05) is 26.2 Å². The van der Waals surface area contributed by atoms with E-state index in [9.17, 15) is 0 Å². The quantitative estimate of drug-likeness (QED) is 0.725. The molecule has 0 bridgehead atoms. The Labute approximate surface area is 88.1 Å². The largest absolute Gasteiger partial charge is 0.313 e. The van der Waals surface area contributed by atoms with Gasteiger partial charge in [-0.15, -0.1) is 0 Å². The first-order valence-electron chi connectivity index (χ1n) is 6.11. The summed E-state index contributed by atoms with van der Waals surface area (Å²) in [4.78, 5) is 2.62. The van der Waals surface area contributed by atoms with E-state index in [2.05, 4.69) is 24.1 Å². The Kier molecular flexibility index (Phi) is 3.13. The lowest BCUT2D eigenvalue weighted by atomic mass is 9.79. The standard InChI is InChI=1S/C12H24N2/c1-12(2)5-6-13-11(9-12)10-14-7-3-4-8-14/h11,13H,3-10H2,1-2H3. The van der Waals surface area contributed by atoms with Crippen molar-refractivity contribution in [2.24, 2.45) is 5.41 Å². The Morgan fingerprint density at radius 1 is 1.29 bits per heavy atom. The molecule has 0 aromatic rings. The highest BCUT2D eigenvalue weighted by Crippen LogP contribution is 2.29. The van der Waals surface area contributed by atoms with Crippen LogP contribution < -0.4 is 5.32 Å². The normalized spacial score (nSPS) is 33.4. The van der Waals surface area contributed by atoms with Gasteiger partial charge < -0.3 is 10.2 Å². The molecule has 1 unspecified atom stereocenters. The Balaban J connectivity index is 1.79. The number of piperidine rings is 1. The maximum atomic E-state index is 3.66. The molecule has 2 rings (SSSR count). The number of nitrogens with one attached hydrogen (secondary N) is 1. The zero-order valence-electron chi connectivity index (χ0n) is 9.68. The first kappa shape index (κ1) is 10.4. The van der Waals surface area contributed by atoms with Gasteiger partial charge in [0.05, 0.1) is 0 Å². The number of likely N-dealkylation sites (tertiary alicyclic amines) is 1. The van der Waals surface area contributed by atoms with Crippen molar-refractivity contribution in [3.63, 3.8) is 0 Å². The van der Waals surface area contributed by atoms with Crippen LogP contribution in [0.15, 0.2) is 0 Å². The van der Waals surface area contributed by atoms with E-state index in [1.54, 1.807) is 0 Å². The number of hydrogen-bond donors (Lipinski definition) is 1. The SMILES string of the molecule is CC1(C)CCNC(CN2CCCC2)C1. The molecule has 1 atom stereocenters. The van der Waals surface area contributed by atoms with E-state index in [0.29, 0.717) is 5.41 Å². The van der Waals surface area contributed by atoms with E-state index in [4.69, 9.17) is 0 Å². The monoisotopic (exact) mass is 196 g/mol. The summed E-state index contributed by atoms with van der Waals surface area (Å²) in [6, 6.07) is 0.747. The summed E-state index contributed by atoms with van der Waals surface area (Å²) in [5.74, 6) is 0. The molecule has 0 amide bonds. The Hall–Kier alpha value is -0.0800. The molecule has 2 aliphatic rings. The van der Waals surface area contributed by atoms with Gasteiger partial charge in [-0.1, -0.05) is 13.8 Å².